The van der Waals surface area contributed by atoms with Gasteiger partial charge in [0.2, 0.25) is 5.91 Å². The highest BCUT2D eigenvalue weighted by atomic mass is 35.5. The van der Waals surface area contributed by atoms with E-state index in [1.807, 2.05) is 18.2 Å². The van der Waals surface area contributed by atoms with Gasteiger partial charge in [-0.3, -0.25) is 9.59 Å². The quantitative estimate of drug-likeness (QED) is 0.683. The van der Waals surface area contributed by atoms with Crippen molar-refractivity contribution in [1.29, 1.82) is 0 Å². The first-order valence-corrected chi connectivity index (χ1v) is 10.1. The lowest BCUT2D eigenvalue weighted by molar-refractivity contribution is -0.117. The molecule has 2 aromatic carbocycles. The number of aromatic nitrogens is 2. The van der Waals surface area contributed by atoms with E-state index in [2.05, 4.69) is 32.3 Å². The number of carbonyl (C=O) groups is 1. The van der Waals surface area contributed by atoms with Gasteiger partial charge in [0.1, 0.15) is 12.4 Å². The number of amides is 1. The maximum absolute atomic E-state index is 12.4. The molecule has 154 valence electrons. The summed E-state index contributed by atoms with van der Waals surface area (Å²) in [6.45, 7) is 3.13. The molecule has 1 amide bonds. The number of carbonyl (C=O) groups excluding carboxylic acids is 1. The zero-order valence-electron chi connectivity index (χ0n) is 16.4. The summed E-state index contributed by atoms with van der Waals surface area (Å²) in [6, 6.07) is 20.3. The molecule has 0 atom stereocenters. The Morgan fingerprint density at radius 2 is 1.67 bits per heavy atom. The molecule has 30 heavy (non-hydrogen) atoms. The number of nitrogens with one attached hydrogen (secondary N) is 1. The van der Waals surface area contributed by atoms with Crippen molar-refractivity contribution < 1.29 is 4.79 Å². The molecule has 0 radical (unpaired) electrons. The normalized spacial score (nSPS) is 13.9. The van der Waals surface area contributed by atoms with E-state index >= 15 is 0 Å². The third-order valence-corrected chi connectivity index (χ3v) is 5.21. The van der Waals surface area contributed by atoms with Crippen LogP contribution < -0.4 is 20.7 Å². The first-order valence-electron chi connectivity index (χ1n) is 9.77. The molecular weight excluding hydrogens is 402 g/mol. The van der Waals surface area contributed by atoms with Crippen LogP contribution in [0.4, 0.5) is 17.2 Å². The van der Waals surface area contributed by atoms with Crippen LogP contribution in [0.25, 0.3) is 0 Å². The molecule has 0 aliphatic carbocycles. The van der Waals surface area contributed by atoms with Crippen molar-refractivity contribution in [1.82, 2.24) is 9.78 Å². The van der Waals surface area contributed by atoms with E-state index in [4.69, 9.17) is 11.6 Å². The van der Waals surface area contributed by atoms with Crippen LogP contribution in [0.15, 0.2) is 71.5 Å². The van der Waals surface area contributed by atoms with Crippen molar-refractivity contribution in [2.24, 2.45) is 0 Å². The van der Waals surface area contributed by atoms with Crippen molar-refractivity contribution in [2.45, 2.75) is 6.54 Å². The molecule has 8 heteroatoms. The summed E-state index contributed by atoms with van der Waals surface area (Å²) in [7, 11) is 0. The molecule has 1 fully saturated rings. The molecule has 2 heterocycles. The molecule has 4 rings (SSSR count). The van der Waals surface area contributed by atoms with Gasteiger partial charge < -0.3 is 15.1 Å². The highest BCUT2D eigenvalue weighted by Gasteiger charge is 2.19. The third kappa shape index (κ3) is 4.80. The fraction of sp³-hybridized carbons (Fsp3) is 0.227. The lowest BCUT2D eigenvalue weighted by Crippen LogP contribution is -2.47. The molecule has 7 nitrogen and oxygen atoms in total. The van der Waals surface area contributed by atoms with E-state index in [0.29, 0.717) is 16.5 Å². The van der Waals surface area contributed by atoms with Crippen molar-refractivity contribution in [3.63, 3.8) is 0 Å². The number of para-hydroxylation sites is 1. The largest absolute Gasteiger partial charge is 0.368 e. The van der Waals surface area contributed by atoms with Gasteiger partial charge in [-0.05, 0) is 36.4 Å². The second kappa shape index (κ2) is 9.00. The molecule has 1 saturated heterocycles. The van der Waals surface area contributed by atoms with Gasteiger partial charge in [0, 0.05) is 48.6 Å². The van der Waals surface area contributed by atoms with E-state index in [-0.39, 0.29) is 18.0 Å². The predicted octanol–water partition coefficient (Wildman–Crippen LogP) is 2.86. The molecular formula is C22H22ClN5O2. The lowest BCUT2D eigenvalue weighted by atomic mass is 10.2. The molecule has 1 aromatic heterocycles. The summed E-state index contributed by atoms with van der Waals surface area (Å²) in [5, 5.41) is 7.68. The Morgan fingerprint density at radius 3 is 2.40 bits per heavy atom. The van der Waals surface area contributed by atoms with Gasteiger partial charge in [-0.15, -0.1) is 0 Å². The molecule has 0 saturated carbocycles. The first-order chi connectivity index (χ1) is 14.6. The summed E-state index contributed by atoms with van der Waals surface area (Å²) in [4.78, 5) is 29.0. The Morgan fingerprint density at radius 1 is 0.933 bits per heavy atom. The predicted molar refractivity (Wildman–Crippen MR) is 119 cm³/mol. The van der Waals surface area contributed by atoms with E-state index in [1.54, 1.807) is 30.3 Å². The van der Waals surface area contributed by atoms with Crippen LogP contribution >= 0.6 is 11.6 Å². The van der Waals surface area contributed by atoms with Gasteiger partial charge in [0.05, 0.1) is 0 Å². The van der Waals surface area contributed by atoms with E-state index in [1.165, 1.54) is 16.4 Å². The Balaban J connectivity index is 1.41. The minimum Gasteiger partial charge on any atom is -0.368 e. The fourth-order valence-corrected chi connectivity index (χ4v) is 3.65. The standard InChI is InChI=1S/C22H22ClN5O2/c23-17-5-4-6-18(15-17)24-21(29)16-28-22(30)10-9-20(25-28)27-13-11-26(12-14-27)19-7-2-1-3-8-19/h1-10,15H,11-14,16H2,(H,24,29). The van der Waals surface area contributed by atoms with Crippen LogP contribution in [0.3, 0.4) is 0 Å². The van der Waals surface area contributed by atoms with Crippen LogP contribution in [0, 0.1) is 0 Å². The number of piperazine rings is 1. The van der Waals surface area contributed by atoms with E-state index < -0.39 is 0 Å². The number of hydrogen-bond donors (Lipinski definition) is 1. The zero-order valence-corrected chi connectivity index (χ0v) is 17.1. The van der Waals surface area contributed by atoms with Crippen LogP contribution in [-0.4, -0.2) is 41.9 Å². The number of nitrogens with zero attached hydrogens (tertiary/aromatic N) is 4. The zero-order chi connectivity index (χ0) is 20.9. The molecule has 0 bridgehead atoms. The SMILES string of the molecule is O=C(Cn1nc(N2CCN(c3ccccc3)CC2)ccc1=O)Nc1cccc(Cl)c1. The third-order valence-electron chi connectivity index (χ3n) is 4.98. The van der Waals surface area contributed by atoms with E-state index in [9.17, 15) is 9.59 Å². The second-order valence-electron chi connectivity index (χ2n) is 7.06. The summed E-state index contributed by atoms with van der Waals surface area (Å²) in [5.74, 6) is 0.357. The average molecular weight is 424 g/mol. The topological polar surface area (TPSA) is 70.5 Å². The van der Waals surface area contributed by atoms with Gasteiger partial charge in [-0.25, -0.2) is 4.68 Å². The van der Waals surface area contributed by atoms with Gasteiger partial charge in [-0.2, -0.15) is 5.10 Å². The van der Waals surface area contributed by atoms with Crippen molar-refractivity contribution in [3.8, 4) is 0 Å². The maximum atomic E-state index is 12.4. The van der Waals surface area contributed by atoms with Crippen LogP contribution in [-0.2, 0) is 11.3 Å². The second-order valence-corrected chi connectivity index (χ2v) is 7.49. The monoisotopic (exact) mass is 423 g/mol. The smallest absolute Gasteiger partial charge is 0.267 e. The highest BCUT2D eigenvalue weighted by Crippen LogP contribution is 2.18. The molecule has 3 aromatic rings. The van der Waals surface area contributed by atoms with Crippen molar-refractivity contribution in [3.05, 3.63) is 82.1 Å². The van der Waals surface area contributed by atoms with Gasteiger partial charge >= 0.3 is 0 Å². The summed E-state index contributed by atoms with van der Waals surface area (Å²) >= 11 is 5.94. The van der Waals surface area contributed by atoms with Gasteiger partial charge in [0.25, 0.3) is 5.56 Å². The number of anilines is 3. The van der Waals surface area contributed by atoms with Crippen molar-refractivity contribution >= 4 is 34.7 Å². The molecule has 0 spiro atoms. The van der Waals surface area contributed by atoms with Crippen LogP contribution in [0.5, 0.6) is 0 Å². The maximum Gasteiger partial charge on any atom is 0.267 e. The highest BCUT2D eigenvalue weighted by molar-refractivity contribution is 6.30. The Bertz CT molecular complexity index is 1080. The molecule has 1 aliphatic heterocycles. The Kier molecular flexibility index (Phi) is 5.99. The summed E-state index contributed by atoms with van der Waals surface area (Å²) in [6.07, 6.45) is 0. The Hall–Kier alpha value is -3.32. The fourth-order valence-electron chi connectivity index (χ4n) is 3.46. The number of hydrogen-bond acceptors (Lipinski definition) is 5. The van der Waals surface area contributed by atoms with Gasteiger partial charge in [-0.1, -0.05) is 35.9 Å². The lowest BCUT2D eigenvalue weighted by Gasteiger charge is -2.36. The first kappa shape index (κ1) is 20.0. The van der Waals surface area contributed by atoms with Crippen LogP contribution in [0.1, 0.15) is 0 Å². The minimum atomic E-state index is -0.335. The molecule has 0 unspecified atom stereocenters. The summed E-state index contributed by atoms with van der Waals surface area (Å²) in [5.41, 5.74) is 1.46. The number of benzene rings is 2. The summed E-state index contributed by atoms with van der Waals surface area (Å²) < 4.78 is 1.19. The Labute approximate surface area is 179 Å². The minimum absolute atomic E-state index is 0.164. The van der Waals surface area contributed by atoms with Crippen molar-refractivity contribution in [2.75, 3.05) is 41.3 Å². The number of halogens is 1. The van der Waals surface area contributed by atoms with Crippen LogP contribution in [0.2, 0.25) is 5.02 Å². The van der Waals surface area contributed by atoms with E-state index in [0.717, 1.165) is 26.2 Å². The number of rotatable bonds is 5. The molecule has 1 N–H and O–H groups in total. The molecule has 1 aliphatic rings. The average Bonchev–Trinajstić information content (AvgIpc) is 2.76. The van der Waals surface area contributed by atoms with Gasteiger partial charge in [0.15, 0.2) is 0 Å².